The molecule has 0 saturated carbocycles. The summed E-state index contributed by atoms with van der Waals surface area (Å²) in [6.45, 7) is 16.0. The van der Waals surface area contributed by atoms with Gasteiger partial charge in [0.25, 0.3) is 0 Å². The van der Waals surface area contributed by atoms with Gasteiger partial charge < -0.3 is 67.8 Å². The Bertz CT molecular complexity index is 1500. The van der Waals surface area contributed by atoms with Crippen molar-refractivity contribution < 1.29 is 98.0 Å². The van der Waals surface area contributed by atoms with E-state index in [2.05, 4.69) is 29.9 Å². The van der Waals surface area contributed by atoms with Gasteiger partial charge in [-0.3, -0.25) is 0 Å². The van der Waals surface area contributed by atoms with Gasteiger partial charge in [0.1, 0.15) is 0 Å². The van der Waals surface area contributed by atoms with Crippen LogP contribution in [0.15, 0.2) is 110 Å². The second-order valence-electron chi connectivity index (χ2n) is 17.8. The first-order valence-corrected chi connectivity index (χ1v) is 27.0. The second kappa shape index (κ2) is 48.4. The van der Waals surface area contributed by atoms with E-state index in [4.69, 9.17) is 37.9 Å². The SMILES string of the molecule is C1CCOC1.C1CCOC1.C1CCOC1.C1CCOC1.C1CCOC1.C1CCOC1.C1CCOC1.C1CCOC1.[Li+].[Li+].[Nb].c1c[n-]c(C(c2ccc[n-]2)c2ccc[n-]2)c1.c1c[n-]c(C(c2ccc[n-]2)c2ccc[n-]2)c1. The Hall–Kier alpha value is -2.70. The van der Waals surface area contributed by atoms with Gasteiger partial charge in [-0.2, -0.15) is 71.3 Å². The van der Waals surface area contributed by atoms with Crippen molar-refractivity contribution in [2.24, 2.45) is 0 Å². The first-order valence-electron chi connectivity index (χ1n) is 27.0. The van der Waals surface area contributed by atoms with Gasteiger partial charge >= 0.3 is 37.7 Å². The van der Waals surface area contributed by atoms with E-state index >= 15 is 0 Å². The maximum absolute atomic E-state index is 4.94. The summed E-state index contributed by atoms with van der Waals surface area (Å²) in [4.78, 5) is 26.1. The molecule has 0 atom stereocenters. The Morgan fingerprint density at radius 3 is 0.413 bits per heavy atom. The van der Waals surface area contributed by atoms with Crippen LogP contribution in [0.4, 0.5) is 0 Å². The first kappa shape index (κ1) is 68.4. The van der Waals surface area contributed by atoms with Gasteiger partial charge in [-0.15, -0.1) is 0 Å². The Morgan fingerprint density at radius 2 is 0.347 bits per heavy atom. The standard InChI is InChI=1S/2C13H10N3.8C4H8O.2Li.Nb/c2*1-4-10(14-7-1)13(11-5-2-8-15-11)12-6-3-9-16-12;8*1-2-4-5-3-1;;;/h2*1-9,13H;8*1-4H2;;;/q2*-3;;;;;;;;;2*+1;. The number of ether oxygens (including phenoxy) is 8. The van der Waals surface area contributed by atoms with Gasteiger partial charge in [-0.25, -0.2) is 0 Å². The average Bonchev–Trinajstić information content (AvgIpc) is 4.29. The fraction of sp³-hybridized carbons (Fsp3) is 0.586. The van der Waals surface area contributed by atoms with Crippen LogP contribution in [0.2, 0.25) is 0 Å². The van der Waals surface area contributed by atoms with E-state index < -0.39 is 0 Å². The van der Waals surface area contributed by atoms with Crippen LogP contribution in [-0.4, -0.2) is 106 Å². The maximum atomic E-state index is 4.94. The molecule has 6 aromatic rings. The van der Waals surface area contributed by atoms with Crippen LogP contribution in [0.5, 0.6) is 0 Å². The van der Waals surface area contributed by atoms with Crippen LogP contribution >= 0.6 is 0 Å². The Labute approximate surface area is 489 Å². The van der Waals surface area contributed by atoms with Crippen LogP contribution in [0.1, 0.15) is 149 Å². The molecule has 8 aliphatic heterocycles. The monoisotopic (exact) mass is 1100 g/mol. The Kier molecular flexibility index (Phi) is 44.2. The van der Waals surface area contributed by atoms with E-state index in [9.17, 15) is 0 Å². The summed E-state index contributed by atoms with van der Waals surface area (Å²) in [5.41, 5.74) is 5.99. The van der Waals surface area contributed by atoms with Crippen LogP contribution in [-0.2, 0) is 60.3 Å². The van der Waals surface area contributed by atoms with Crippen molar-refractivity contribution in [3.05, 3.63) is 144 Å². The van der Waals surface area contributed by atoms with Crippen molar-refractivity contribution in [3.8, 4) is 0 Å². The molecule has 8 saturated heterocycles. The van der Waals surface area contributed by atoms with Gasteiger partial charge in [0.2, 0.25) is 0 Å². The van der Waals surface area contributed by atoms with Crippen molar-refractivity contribution in [2.75, 3.05) is 106 Å². The zero-order valence-electron chi connectivity index (χ0n) is 45.6. The fourth-order valence-electron chi connectivity index (χ4n) is 7.90. The van der Waals surface area contributed by atoms with Gasteiger partial charge in [0, 0.05) is 128 Å². The molecule has 14 nitrogen and oxygen atoms in total. The van der Waals surface area contributed by atoms with E-state index in [0.29, 0.717) is 0 Å². The van der Waals surface area contributed by atoms with Crippen molar-refractivity contribution in [3.63, 3.8) is 0 Å². The maximum Gasteiger partial charge on any atom is 1.00 e. The number of hydrogen-bond acceptors (Lipinski definition) is 8. The minimum Gasteiger partial charge on any atom is -0.667 e. The number of aromatic nitrogens is 6. The summed E-state index contributed by atoms with van der Waals surface area (Å²) in [5.74, 6) is 0.111. The van der Waals surface area contributed by atoms with Crippen LogP contribution in [0, 0.1) is 0 Å². The predicted molar refractivity (Wildman–Crippen MR) is 281 cm³/mol. The Morgan fingerprint density at radius 1 is 0.227 bits per heavy atom. The molecular weight excluding hydrogens is 1020 g/mol. The zero-order valence-corrected chi connectivity index (χ0v) is 47.8. The third-order valence-electron chi connectivity index (χ3n) is 11.9. The van der Waals surface area contributed by atoms with Gasteiger partial charge in [-0.05, 0) is 115 Å². The molecule has 1 radical (unpaired) electrons. The quantitative estimate of drug-likeness (QED) is 0.222. The second-order valence-corrected chi connectivity index (χ2v) is 17.8. The normalized spacial score (nSPS) is 17.5. The molecule has 0 aromatic carbocycles. The first-order chi connectivity index (χ1) is 35.9. The van der Waals surface area contributed by atoms with Crippen LogP contribution in [0.25, 0.3) is 0 Å². The van der Waals surface area contributed by atoms with Crippen molar-refractivity contribution in [1.29, 1.82) is 0 Å². The molecular formula is C58H84Li2N6NbO8-4. The van der Waals surface area contributed by atoms with Crippen molar-refractivity contribution in [2.45, 2.75) is 115 Å². The molecule has 0 N–H and O–H groups in total. The van der Waals surface area contributed by atoms with Crippen molar-refractivity contribution in [1.82, 2.24) is 29.9 Å². The fourth-order valence-corrected chi connectivity index (χ4v) is 7.90. The Balaban J connectivity index is 0.000000299. The molecule has 0 unspecified atom stereocenters. The topological polar surface area (TPSA) is 158 Å². The molecule has 14 heterocycles. The molecule has 8 aliphatic rings. The van der Waals surface area contributed by atoms with E-state index in [1.807, 2.05) is 72.8 Å². The van der Waals surface area contributed by atoms with Crippen molar-refractivity contribution >= 4 is 0 Å². The summed E-state index contributed by atoms with van der Waals surface area (Å²) < 4.78 is 39.6. The molecule has 0 bridgehead atoms. The molecule has 405 valence electrons. The largest absolute Gasteiger partial charge is 1.00 e. The van der Waals surface area contributed by atoms with Gasteiger partial charge in [0.15, 0.2) is 0 Å². The van der Waals surface area contributed by atoms with Gasteiger partial charge in [0.05, 0.1) is 0 Å². The molecule has 0 aliphatic carbocycles. The zero-order chi connectivity index (χ0) is 49.9. The third kappa shape index (κ3) is 32.1. The summed E-state index contributed by atoms with van der Waals surface area (Å²) in [7, 11) is 0. The minimum atomic E-state index is 0. The summed E-state index contributed by atoms with van der Waals surface area (Å²) >= 11 is 0. The average molecular weight is 1100 g/mol. The molecule has 75 heavy (non-hydrogen) atoms. The number of nitrogens with zero attached hydrogens (tertiary/aromatic N) is 6. The number of hydrogen-bond donors (Lipinski definition) is 0. The molecule has 17 heteroatoms. The number of rotatable bonds is 6. The smallest absolute Gasteiger partial charge is 0.667 e. The molecule has 6 aromatic heterocycles. The van der Waals surface area contributed by atoms with Crippen LogP contribution < -0.4 is 67.6 Å². The van der Waals surface area contributed by atoms with E-state index in [-0.39, 0.29) is 71.9 Å². The molecule has 8 fully saturated rings. The molecule has 14 rings (SSSR count). The molecule has 0 amide bonds. The minimum absolute atomic E-state index is 0. The van der Waals surface area contributed by atoms with Crippen LogP contribution in [0.3, 0.4) is 0 Å². The molecule has 0 spiro atoms. The van der Waals surface area contributed by atoms with E-state index in [0.717, 1.165) is 140 Å². The van der Waals surface area contributed by atoms with E-state index in [1.54, 1.807) is 37.2 Å². The summed E-state index contributed by atoms with van der Waals surface area (Å²) in [6.07, 6.45) is 31.2. The van der Waals surface area contributed by atoms with E-state index in [1.165, 1.54) is 103 Å². The third-order valence-corrected chi connectivity index (χ3v) is 11.9. The summed E-state index contributed by atoms with van der Waals surface area (Å²) in [5, 5.41) is 0. The van der Waals surface area contributed by atoms with Gasteiger partial charge in [-0.1, -0.05) is 72.8 Å². The summed E-state index contributed by atoms with van der Waals surface area (Å²) in [6, 6.07) is 23.7. The predicted octanol–water partition coefficient (Wildman–Crippen LogP) is 3.86.